The van der Waals surface area contributed by atoms with Gasteiger partial charge in [0.15, 0.2) is 0 Å². The van der Waals surface area contributed by atoms with Crippen molar-refractivity contribution in [3.63, 3.8) is 0 Å². The number of methoxy groups -OCH3 is 1. The predicted octanol–water partition coefficient (Wildman–Crippen LogP) is 3.07. The van der Waals surface area contributed by atoms with Crippen molar-refractivity contribution in [2.45, 2.75) is 39.5 Å². The first kappa shape index (κ1) is 21.1. The monoisotopic (exact) mass is 423 g/mol. The Morgan fingerprint density at radius 1 is 1.32 bits per heavy atom. The summed E-state index contributed by atoms with van der Waals surface area (Å²) in [6.45, 7) is 5.95. The summed E-state index contributed by atoms with van der Waals surface area (Å²) in [6, 6.07) is 7.90. The van der Waals surface area contributed by atoms with Crippen LogP contribution in [0.2, 0.25) is 0 Å². The Balaban J connectivity index is 1.43. The molecule has 1 N–H and O–H groups in total. The van der Waals surface area contributed by atoms with E-state index in [-0.39, 0.29) is 11.8 Å². The van der Waals surface area contributed by atoms with Gasteiger partial charge in [-0.2, -0.15) is 4.98 Å². The fourth-order valence-electron chi connectivity index (χ4n) is 4.22. The van der Waals surface area contributed by atoms with Gasteiger partial charge in [-0.15, -0.1) is 0 Å². The maximum Gasteiger partial charge on any atom is 0.263 e. The first-order valence-electron chi connectivity index (χ1n) is 10.9. The van der Waals surface area contributed by atoms with Gasteiger partial charge in [0.2, 0.25) is 5.91 Å². The van der Waals surface area contributed by atoms with Gasteiger partial charge in [-0.25, -0.2) is 4.98 Å². The zero-order chi connectivity index (χ0) is 21.8. The average molecular weight is 424 g/mol. The molecule has 0 saturated carbocycles. The van der Waals surface area contributed by atoms with E-state index in [1.54, 1.807) is 7.11 Å². The first-order valence-corrected chi connectivity index (χ1v) is 10.9. The molecule has 3 aromatic rings. The van der Waals surface area contributed by atoms with Crippen LogP contribution in [0.25, 0.3) is 11.1 Å². The Kier molecular flexibility index (Phi) is 6.34. The molecule has 1 unspecified atom stereocenters. The van der Waals surface area contributed by atoms with Gasteiger partial charge in [0, 0.05) is 19.6 Å². The number of rotatable bonds is 7. The molecule has 164 valence electrons. The summed E-state index contributed by atoms with van der Waals surface area (Å²) in [7, 11) is 1.67. The SMILES string of the molecule is CCc1noc2nc(C)nc(N3CCCC(C(=O)NCCc4ccccc4OC)C3)c12. The second-order valence-corrected chi connectivity index (χ2v) is 7.90. The summed E-state index contributed by atoms with van der Waals surface area (Å²) >= 11 is 0. The number of amides is 1. The van der Waals surface area contributed by atoms with Crippen LogP contribution in [0.5, 0.6) is 5.75 Å². The van der Waals surface area contributed by atoms with Crippen LogP contribution in [0.4, 0.5) is 5.82 Å². The number of benzene rings is 1. The Labute approximate surface area is 182 Å². The van der Waals surface area contributed by atoms with Crippen molar-refractivity contribution in [2.75, 3.05) is 31.6 Å². The molecule has 1 saturated heterocycles. The van der Waals surface area contributed by atoms with Gasteiger partial charge in [-0.1, -0.05) is 30.3 Å². The van der Waals surface area contributed by atoms with Crippen molar-refractivity contribution in [2.24, 2.45) is 5.92 Å². The molecular weight excluding hydrogens is 394 g/mol. The summed E-state index contributed by atoms with van der Waals surface area (Å²) in [5, 5.41) is 8.13. The van der Waals surface area contributed by atoms with E-state index in [2.05, 4.69) is 25.3 Å². The fraction of sp³-hybridized carbons (Fsp3) is 0.478. The van der Waals surface area contributed by atoms with Crippen molar-refractivity contribution in [3.8, 4) is 5.75 Å². The third kappa shape index (κ3) is 4.47. The lowest BCUT2D eigenvalue weighted by Crippen LogP contribution is -2.44. The third-order valence-corrected chi connectivity index (χ3v) is 5.81. The molecule has 3 heterocycles. The van der Waals surface area contributed by atoms with E-state index in [9.17, 15) is 4.79 Å². The number of carbonyl (C=O) groups is 1. The number of aromatic nitrogens is 3. The van der Waals surface area contributed by atoms with Crippen molar-refractivity contribution < 1.29 is 14.1 Å². The number of nitrogens with one attached hydrogen (secondary N) is 1. The van der Waals surface area contributed by atoms with Crippen LogP contribution >= 0.6 is 0 Å². The lowest BCUT2D eigenvalue weighted by molar-refractivity contribution is -0.125. The van der Waals surface area contributed by atoms with Crippen molar-refractivity contribution in [1.82, 2.24) is 20.4 Å². The smallest absolute Gasteiger partial charge is 0.263 e. The zero-order valence-electron chi connectivity index (χ0n) is 18.4. The van der Waals surface area contributed by atoms with E-state index in [1.807, 2.05) is 38.1 Å². The van der Waals surface area contributed by atoms with Crippen LogP contribution < -0.4 is 15.0 Å². The van der Waals surface area contributed by atoms with Gasteiger partial charge in [-0.3, -0.25) is 4.79 Å². The molecule has 2 aromatic heterocycles. The third-order valence-electron chi connectivity index (χ3n) is 5.81. The van der Waals surface area contributed by atoms with Gasteiger partial charge in [0.25, 0.3) is 5.71 Å². The summed E-state index contributed by atoms with van der Waals surface area (Å²) < 4.78 is 10.8. The highest BCUT2D eigenvalue weighted by atomic mass is 16.5. The summed E-state index contributed by atoms with van der Waals surface area (Å²) in [5.41, 5.74) is 2.46. The molecule has 1 aromatic carbocycles. The highest BCUT2D eigenvalue weighted by molar-refractivity contribution is 5.89. The molecule has 0 bridgehead atoms. The molecule has 31 heavy (non-hydrogen) atoms. The second kappa shape index (κ2) is 9.32. The molecule has 0 spiro atoms. The maximum atomic E-state index is 12.9. The second-order valence-electron chi connectivity index (χ2n) is 7.90. The van der Waals surface area contributed by atoms with E-state index in [1.165, 1.54) is 0 Å². The first-order chi connectivity index (χ1) is 15.1. The number of nitrogens with zero attached hydrogens (tertiary/aromatic N) is 4. The van der Waals surface area contributed by atoms with Crippen LogP contribution in [-0.4, -0.2) is 47.8 Å². The zero-order valence-corrected chi connectivity index (χ0v) is 18.4. The van der Waals surface area contributed by atoms with E-state index < -0.39 is 0 Å². The molecule has 1 amide bonds. The Morgan fingerprint density at radius 3 is 2.97 bits per heavy atom. The molecule has 1 aliphatic rings. The largest absolute Gasteiger partial charge is 0.496 e. The number of piperidine rings is 1. The average Bonchev–Trinajstić information content (AvgIpc) is 3.21. The lowest BCUT2D eigenvalue weighted by Gasteiger charge is -2.33. The number of hydrogen-bond donors (Lipinski definition) is 1. The summed E-state index contributed by atoms with van der Waals surface area (Å²) in [6.07, 6.45) is 3.28. The summed E-state index contributed by atoms with van der Waals surface area (Å²) in [5.74, 6) is 2.32. The topological polar surface area (TPSA) is 93.4 Å². The summed E-state index contributed by atoms with van der Waals surface area (Å²) in [4.78, 5) is 24.1. The Morgan fingerprint density at radius 2 is 2.16 bits per heavy atom. The van der Waals surface area contributed by atoms with Crippen LogP contribution in [0.1, 0.15) is 36.8 Å². The fourth-order valence-corrected chi connectivity index (χ4v) is 4.22. The molecule has 1 aliphatic heterocycles. The van der Waals surface area contributed by atoms with Crippen molar-refractivity contribution in [3.05, 3.63) is 41.3 Å². The normalized spacial score (nSPS) is 16.5. The molecule has 0 radical (unpaired) electrons. The number of aryl methyl sites for hydroxylation is 2. The van der Waals surface area contributed by atoms with Gasteiger partial charge in [-0.05, 0) is 44.2 Å². The van der Waals surface area contributed by atoms with Crippen LogP contribution in [0.15, 0.2) is 28.8 Å². The molecule has 4 rings (SSSR count). The highest BCUT2D eigenvalue weighted by Crippen LogP contribution is 2.31. The quantitative estimate of drug-likeness (QED) is 0.624. The van der Waals surface area contributed by atoms with E-state index in [0.29, 0.717) is 24.6 Å². The van der Waals surface area contributed by atoms with Gasteiger partial charge < -0.3 is 19.5 Å². The van der Waals surface area contributed by atoms with Gasteiger partial charge >= 0.3 is 0 Å². The van der Waals surface area contributed by atoms with Crippen LogP contribution in [0.3, 0.4) is 0 Å². The maximum absolute atomic E-state index is 12.9. The van der Waals surface area contributed by atoms with E-state index in [0.717, 1.165) is 60.4 Å². The van der Waals surface area contributed by atoms with Gasteiger partial charge in [0.1, 0.15) is 22.8 Å². The number of fused-ring (bicyclic) bond motifs is 1. The predicted molar refractivity (Wildman–Crippen MR) is 118 cm³/mol. The number of hydrogen-bond acceptors (Lipinski definition) is 7. The van der Waals surface area contributed by atoms with Crippen LogP contribution in [-0.2, 0) is 17.6 Å². The highest BCUT2D eigenvalue weighted by Gasteiger charge is 2.29. The van der Waals surface area contributed by atoms with Crippen molar-refractivity contribution in [1.29, 1.82) is 0 Å². The molecule has 1 atom stereocenters. The number of ether oxygens (including phenoxy) is 1. The molecule has 1 fully saturated rings. The number of para-hydroxylation sites is 1. The molecule has 8 heteroatoms. The molecule has 0 aliphatic carbocycles. The van der Waals surface area contributed by atoms with E-state index >= 15 is 0 Å². The minimum Gasteiger partial charge on any atom is -0.496 e. The number of anilines is 1. The van der Waals surface area contributed by atoms with Gasteiger partial charge in [0.05, 0.1) is 18.7 Å². The van der Waals surface area contributed by atoms with Crippen molar-refractivity contribution >= 4 is 22.8 Å². The Hall–Kier alpha value is -3.16. The number of carbonyl (C=O) groups excluding carboxylic acids is 1. The minimum absolute atomic E-state index is 0.0818. The van der Waals surface area contributed by atoms with E-state index in [4.69, 9.17) is 9.26 Å². The minimum atomic E-state index is -0.0818. The molecule has 8 nitrogen and oxygen atoms in total. The van der Waals surface area contributed by atoms with Crippen LogP contribution in [0, 0.1) is 12.8 Å². The lowest BCUT2D eigenvalue weighted by atomic mass is 9.96. The standard InChI is InChI=1S/C23H29N5O3/c1-4-18-20-21(25-15(2)26-23(20)31-27-18)28-13-7-9-17(14-28)22(29)24-12-11-16-8-5-6-10-19(16)30-3/h5-6,8,10,17H,4,7,9,11-14H2,1-3H3,(H,24,29). The molecular formula is C23H29N5O3. The Bertz CT molecular complexity index is 1060.